The summed E-state index contributed by atoms with van der Waals surface area (Å²) in [5.41, 5.74) is 1.72. The molecule has 7 heteroatoms. The van der Waals surface area contributed by atoms with Crippen molar-refractivity contribution in [3.8, 4) is 11.5 Å². The molecule has 0 aliphatic carbocycles. The van der Waals surface area contributed by atoms with E-state index in [2.05, 4.69) is 10.3 Å². The first-order valence-corrected chi connectivity index (χ1v) is 8.33. The summed E-state index contributed by atoms with van der Waals surface area (Å²) in [7, 11) is 3.04. The lowest BCUT2D eigenvalue weighted by atomic mass is 10.2. The van der Waals surface area contributed by atoms with Gasteiger partial charge in [0.25, 0.3) is 5.91 Å². The highest BCUT2D eigenvalue weighted by Crippen LogP contribution is 2.29. The molecule has 140 valence electrons. The van der Waals surface area contributed by atoms with E-state index in [-0.39, 0.29) is 0 Å². The van der Waals surface area contributed by atoms with E-state index >= 15 is 0 Å². The Hall–Kier alpha value is -3.48. The number of aromatic amines is 1. The maximum absolute atomic E-state index is 12.4. The highest BCUT2D eigenvalue weighted by atomic mass is 16.5. The maximum atomic E-state index is 12.4. The van der Waals surface area contributed by atoms with Crippen LogP contribution < -0.4 is 14.8 Å². The van der Waals surface area contributed by atoms with E-state index in [9.17, 15) is 9.59 Å². The number of hydrogen-bond acceptors (Lipinski definition) is 5. The van der Waals surface area contributed by atoms with Crippen LogP contribution in [0.5, 0.6) is 11.5 Å². The molecule has 0 saturated carbocycles. The van der Waals surface area contributed by atoms with E-state index in [0.717, 1.165) is 10.9 Å². The van der Waals surface area contributed by atoms with E-state index in [1.165, 1.54) is 21.1 Å². The first-order valence-electron chi connectivity index (χ1n) is 8.33. The van der Waals surface area contributed by atoms with Gasteiger partial charge in [-0.1, -0.05) is 18.2 Å². The Kier molecular flexibility index (Phi) is 5.30. The van der Waals surface area contributed by atoms with Crippen molar-refractivity contribution in [1.82, 2.24) is 4.98 Å². The van der Waals surface area contributed by atoms with Crippen molar-refractivity contribution in [3.05, 3.63) is 54.2 Å². The average molecular weight is 368 g/mol. The van der Waals surface area contributed by atoms with E-state index in [1.807, 2.05) is 24.3 Å². The molecule has 0 spiro atoms. The molecule has 0 aliphatic rings. The number of carbonyl (C=O) groups is 2. The fourth-order valence-corrected chi connectivity index (χ4v) is 2.68. The summed E-state index contributed by atoms with van der Waals surface area (Å²) in [6.07, 6.45) is 0.602. The van der Waals surface area contributed by atoms with Gasteiger partial charge in [0.1, 0.15) is 0 Å². The lowest BCUT2D eigenvalue weighted by Gasteiger charge is -2.14. The smallest absolute Gasteiger partial charge is 0.341 e. The number of ether oxygens (including phenoxy) is 3. The monoisotopic (exact) mass is 368 g/mol. The van der Waals surface area contributed by atoms with Gasteiger partial charge in [0.05, 0.1) is 19.8 Å². The number of amides is 1. The first-order chi connectivity index (χ1) is 13.0. The average Bonchev–Trinajstić information content (AvgIpc) is 3.12. The molecule has 0 fully saturated rings. The van der Waals surface area contributed by atoms with E-state index in [4.69, 9.17) is 14.2 Å². The number of benzene rings is 2. The highest BCUT2D eigenvalue weighted by molar-refractivity contribution is 6.05. The zero-order valence-electron chi connectivity index (χ0n) is 15.2. The number of methoxy groups -OCH3 is 2. The van der Waals surface area contributed by atoms with E-state index < -0.39 is 18.0 Å². The lowest BCUT2D eigenvalue weighted by Crippen LogP contribution is -2.30. The van der Waals surface area contributed by atoms with Gasteiger partial charge in [0, 0.05) is 28.9 Å². The SMILES string of the molecule is COc1ccc(NC(=O)C(C)OC(=O)c2c[nH]c3ccccc23)cc1OC. The van der Waals surface area contributed by atoms with Crippen molar-refractivity contribution in [2.45, 2.75) is 13.0 Å². The summed E-state index contributed by atoms with van der Waals surface area (Å²) < 4.78 is 15.7. The fraction of sp³-hybridized carbons (Fsp3) is 0.200. The minimum absolute atomic E-state index is 0.386. The predicted molar refractivity (Wildman–Crippen MR) is 101 cm³/mol. The molecule has 1 atom stereocenters. The molecule has 1 amide bonds. The zero-order valence-corrected chi connectivity index (χ0v) is 15.2. The van der Waals surface area contributed by atoms with Crippen molar-refractivity contribution in [2.75, 3.05) is 19.5 Å². The van der Waals surface area contributed by atoms with Crippen LogP contribution in [0.2, 0.25) is 0 Å². The van der Waals surface area contributed by atoms with Crippen LogP contribution in [0.25, 0.3) is 10.9 Å². The van der Waals surface area contributed by atoms with Crippen LogP contribution in [0, 0.1) is 0 Å². The van der Waals surface area contributed by atoms with E-state index in [0.29, 0.717) is 22.7 Å². The molecule has 0 saturated heterocycles. The van der Waals surface area contributed by atoms with Crippen molar-refractivity contribution < 1.29 is 23.8 Å². The molecule has 7 nitrogen and oxygen atoms in total. The van der Waals surface area contributed by atoms with Gasteiger partial charge in [-0.3, -0.25) is 4.79 Å². The number of anilines is 1. The van der Waals surface area contributed by atoms with Crippen LogP contribution in [0.4, 0.5) is 5.69 Å². The largest absolute Gasteiger partial charge is 0.493 e. The zero-order chi connectivity index (χ0) is 19.4. The predicted octanol–water partition coefficient (Wildman–Crippen LogP) is 3.37. The fourth-order valence-electron chi connectivity index (χ4n) is 2.68. The molecule has 1 unspecified atom stereocenters. The quantitative estimate of drug-likeness (QED) is 0.651. The van der Waals surface area contributed by atoms with Crippen molar-refractivity contribution >= 4 is 28.5 Å². The molecule has 27 heavy (non-hydrogen) atoms. The molecule has 2 N–H and O–H groups in total. The molecule has 2 aromatic carbocycles. The van der Waals surface area contributed by atoms with E-state index in [1.54, 1.807) is 24.4 Å². The van der Waals surface area contributed by atoms with Gasteiger partial charge in [-0.15, -0.1) is 0 Å². The molecule has 0 radical (unpaired) electrons. The standard InChI is InChI=1S/C20H20N2O5/c1-12(19(23)22-13-8-9-17(25-2)18(10-13)26-3)27-20(24)15-11-21-16-7-5-4-6-14(15)16/h4-12,21H,1-3H3,(H,22,23). The van der Waals surface area contributed by atoms with Gasteiger partial charge < -0.3 is 24.5 Å². The second-order valence-corrected chi connectivity index (χ2v) is 5.85. The summed E-state index contributed by atoms with van der Waals surface area (Å²) in [5.74, 6) is 0.0193. The van der Waals surface area contributed by atoms with Gasteiger partial charge >= 0.3 is 5.97 Å². The summed E-state index contributed by atoms with van der Waals surface area (Å²) >= 11 is 0. The third-order valence-corrected chi connectivity index (χ3v) is 4.11. The van der Waals surface area contributed by atoms with Gasteiger partial charge in [-0.2, -0.15) is 0 Å². The lowest BCUT2D eigenvalue weighted by molar-refractivity contribution is -0.123. The number of esters is 1. The van der Waals surface area contributed by atoms with Crippen molar-refractivity contribution in [1.29, 1.82) is 0 Å². The minimum Gasteiger partial charge on any atom is -0.493 e. The van der Waals surface area contributed by atoms with Gasteiger partial charge in [-0.05, 0) is 25.1 Å². The number of aromatic nitrogens is 1. The summed E-state index contributed by atoms with van der Waals surface area (Å²) in [4.78, 5) is 27.8. The number of rotatable bonds is 6. The Morgan fingerprint density at radius 3 is 2.52 bits per heavy atom. The number of fused-ring (bicyclic) bond motifs is 1. The third-order valence-electron chi connectivity index (χ3n) is 4.11. The number of carbonyl (C=O) groups excluding carboxylic acids is 2. The molecule has 1 aromatic heterocycles. The Bertz CT molecular complexity index is 979. The van der Waals surface area contributed by atoms with Crippen LogP contribution in [-0.2, 0) is 9.53 Å². The minimum atomic E-state index is -0.973. The molecule has 3 rings (SSSR count). The van der Waals surface area contributed by atoms with Crippen LogP contribution in [0.1, 0.15) is 17.3 Å². The van der Waals surface area contributed by atoms with Gasteiger partial charge in [-0.25, -0.2) is 4.79 Å². The van der Waals surface area contributed by atoms with Crippen LogP contribution in [-0.4, -0.2) is 37.2 Å². The Labute approximate surface area is 156 Å². The second-order valence-electron chi connectivity index (χ2n) is 5.85. The number of hydrogen-bond donors (Lipinski definition) is 2. The number of H-pyrrole nitrogens is 1. The van der Waals surface area contributed by atoms with Crippen molar-refractivity contribution in [3.63, 3.8) is 0 Å². The summed E-state index contributed by atoms with van der Waals surface area (Å²) in [6.45, 7) is 1.52. The molecular weight excluding hydrogens is 348 g/mol. The Morgan fingerprint density at radius 2 is 1.78 bits per heavy atom. The Balaban J connectivity index is 1.68. The topological polar surface area (TPSA) is 89.6 Å². The van der Waals surface area contributed by atoms with Crippen LogP contribution >= 0.6 is 0 Å². The van der Waals surface area contributed by atoms with Crippen molar-refractivity contribution in [2.24, 2.45) is 0 Å². The molecular formula is C20H20N2O5. The molecule has 0 bridgehead atoms. The second kappa shape index (κ2) is 7.82. The first kappa shape index (κ1) is 18.3. The normalized spacial score (nSPS) is 11.7. The van der Waals surface area contributed by atoms with Crippen LogP contribution in [0.3, 0.4) is 0 Å². The van der Waals surface area contributed by atoms with Crippen LogP contribution in [0.15, 0.2) is 48.7 Å². The molecule has 3 aromatic rings. The molecule has 1 heterocycles. The van der Waals surface area contributed by atoms with Gasteiger partial charge in [0.15, 0.2) is 17.6 Å². The maximum Gasteiger partial charge on any atom is 0.341 e. The summed E-state index contributed by atoms with van der Waals surface area (Å²) in [5, 5.41) is 3.44. The molecule has 0 aliphatic heterocycles. The summed E-state index contributed by atoms with van der Waals surface area (Å²) in [6, 6.07) is 12.4. The Morgan fingerprint density at radius 1 is 1.04 bits per heavy atom. The third kappa shape index (κ3) is 3.87. The van der Waals surface area contributed by atoms with Gasteiger partial charge in [0.2, 0.25) is 0 Å². The number of nitrogens with one attached hydrogen (secondary N) is 2. The number of para-hydroxylation sites is 1. The highest BCUT2D eigenvalue weighted by Gasteiger charge is 2.21.